The second-order valence-corrected chi connectivity index (χ2v) is 4.94. The van der Waals surface area contributed by atoms with Gasteiger partial charge < -0.3 is 4.74 Å². The fourth-order valence-electron chi connectivity index (χ4n) is 2.41. The number of nitrogens with zero attached hydrogens (tertiary/aromatic N) is 4. The van der Waals surface area contributed by atoms with Gasteiger partial charge in [0.25, 0.3) is 0 Å². The summed E-state index contributed by atoms with van der Waals surface area (Å²) in [6.07, 6.45) is 9.59. The lowest BCUT2D eigenvalue weighted by Crippen LogP contribution is -2.45. The van der Waals surface area contributed by atoms with Crippen LogP contribution in [0.2, 0.25) is 0 Å². The predicted octanol–water partition coefficient (Wildman–Crippen LogP) is 2.15. The molecule has 1 saturated heterocycles. The molecule has 0 bridgehead atoms. The Morgan fingerprint density at radius 2 is 2.40 bits per heavy atom. The van der Waals surface area contributed by atoms with E-state index in [-0.39, 0.29) is 11.8 Å². The Labute approximate surface area is 120 Å². The molecule has 1 fully saturated rings. The van der Waals surface area contributed by atoms with Gasteiger partial charge in [0.1, 0.15) is 12.4 Å². The van der Waals surface area contributed by atoms with Gasteiger partial charge in [-0.3, -0.25) is 9.69 Å². The number of terminal acetylenes is 1. The molecule has 0 amide bonds. The summed E-state index contributed by atoms with van der Waals surface area (Å²) in [5, 5.41) is 3.43. The van der Waals surface area contributed by atoms with E-state index in [1.807, 2.05) is 0 Å². The minimum Gasteiger partial charge on any atom is -0.367 e. The van der Waals surface area contributed by atoms with Crippen molar-refractivity contribution in [3.05, 3.63) is 10.4 Å². The average molecular weight is 278 g/mol. The van der Waals surface area contributed by atoms with Crippen molar-refractivity contribution in [2.45, 2.75) is 38.1 Å². The minimum atomic E-state index is 0.196. The number of azide groups is 1. The second kappa shape index (κ2) is 10.3. The van der Waals surface area contributed by atoms with Crippen molar-refractivity contribution < 1.29 is 9.53 Å². The Balaban J connectivity index is 2.31. The number of rotatable bonds is 9. The third-order valence-electron chi connectivity index (χ3n) is 3.40. The number of hydrogen-bond donors (Lipinski definition) is 0. The number of piperidine rings is 1. The number of ketones is 1. The number of hydrogen-bond acceptors (Lipinski definition) is 4. The largest absolute Gasteiger partial charge is 0.367 e. The molecule has 1 aliphatic rings. The summed E-state index contributed by atoms with van der Waals surface area (Å²) in [5.41, 5.74) is 8.17. The molecule has 0 aromatic rings. The van der Waals surface area contributed by atoms with Crippen molar-refractivity contribution in [3.63, 3.8) is 0 Å². The van der Waals surface area contributed by atoms with E-state index in [1.165, 1.54) is 6.42 Å². The lowest BCUT2D eigenvalue weighted by atomic mass is 10.0. The van der Waals surface area contributed by atoms with Crippen molar-refractivity contribution in [2.24, 2.45) is 5.11 Å². The number of Topliss-reactive ketones (excluding diaryl/α,β-unsaturated/α-hetero) is 1. The zero-order valence-electron chi connectivity index (χ0n) is 11.8. The van der Waals surface area contributed by atoms with Gasteiger partial charge in [-0.2, -0.15) is 0 Å². The maximum atomic E-state index is 11.9. The molecule has 1 unspecified atom stereocenters. The first-order valence-electron chi connectivity index (χ1n) is 7.05. The van der Waals surface area contributed by atoms with Crippen LogP contribution in [-0.4, -0.2) is 49.6 Å². The number of carbonyl (C=O) groups excluding carboxylic acids is 1. The Bertz CT molecular complexity index is 385. The third kappa shape index (κ3) is 6.58. The van der Waals surface area contributed by atoms with E-state index in [0.717, 1.165) is 19.4 Å². The molecule has 6 heteroatoms. The van der Waals surface area contributed by atoms with Crippen LogP contribution < -0.4 is 0 Å². The molecule has 1 heterocycles. The highest BCUT2D eigenvalue weighted by atomic mass is 16.5. The average Bonchev–Trinajstić information content (AvgIpc) is 2.46. The van der Waals surface area contributed by atoms with Crippen molar-refractivity contribution >= 4 is 5.78 Å². The summed E-state index contributed by atoms with van der Waals surface area (Å²) in [6.45, 7) is 2.70. The third-order valence-corrected chi connectivity index (χ3v) is 3.40. The van der Waals surface area contributed by atoms with E-state index in [4.69, 9.17) is 16.7 Å². The smallest absolute Gasteiger partial charge is 0.146 e. The Kier molecular flexibility index (Phi) is 8.48. The van der Waals surface area contributed by atoms with Crippen LogP contribution in [0.15, 0.2) is 5.11 Å². The summed E-state index contributed by atoms with van der Waals surface area (Å²) in [6, 6.07) is 0.290. The van der Waals surface area contributed by atoms with Crippen molar-refractivity contribution in [1.82, 2.24) is 4.90 Å². The van der Waals surface area contributed by atoms with Crippen LogP contribution in [0.1, 0.15) is 32.1 Å². The van der Waals surface area contributed by atoms with Gasteiger partial charge >= 0.3 is 0 Å². The predicted molar refractivity (Wildman–Crippen MR) is 77.1 cm³/mol. The van der Waals surface area contributed by atoms with Gasteiger partial charge in [0.2, 0.25) is 0 Å². The molecule has 0 aliphatic carbocycles. The first kappa shape index (κ1) is 16.5. The maximum Gasteiger partial charge on any atom is 0.146 e. The zero-order chi connectivity index (χ0) is 14.6. The molecule has 0 N–H and O–H groups in total. The first-order valence-corrected chi connectivity index (χ1v) is 7.05. The molecule has 0 aromatic heterocycles. The van der Waals surface area contributed by atoms with E-state index in [2.05, 4.69) is 20.8 Å². The first-order chi connectivity index (χ1) is 9.77. The summed E-state index contributed by atoms with van der Waals surface area (Å²) >= 11 is 0. The van der Waals surface area contributed by atoms with E-state index in [0.29, 0.717) is 39.1 Å². The van der Waals surface area contributed by atoms with Crippen LogP contribution in [0.4, 0.5) is 0 Å². The SMILES string of the molecule is C#CCOCC1CCCCN1CC(=O)CCCN=[N+]=[N-]. The minimum absolute atomic E-state index is 0.196. The molecular formula is C14H22N4O2. The molecular weight excluding hydrogens is 256 g/mol. The molecule has 0 saturated carbocycles. The highest BCUT2D eigenvalue weighted by Crippen LogP contribution is 2.17. The van der Waals surface area contributed by atoms with Gasteiger partial charge in [-0.25, -0.2) is 0 Å². The fourth-order valence-corrected chi connectivity index (χ4v) is 2.41. The molecule has 0 radical (unpaired) electrons. The van der Waals surface area contributed by atoms with Crippen LogP contribution in [0.5, 0.6) is 0 Å². The highest BCUT2D eigenvalue weighted by molar-refractivity contribution is 5.80. The van der Waals surface area contributed by atoms with Crippen molar-refractivity contribution in [1.29, 1.82) is 0 Å². The molecule has 6 nitrogen and oxygen atoms in total. The normalized spacial score (nSPS) is 19.1. The van der Waals surface area contributed by atoms with Crippen LogP contribution in [0.3, 0.4) is 0 Å². The van der Waals surface area contributed by atoms with Gasteiger partial charge in [-0.15, -0.1) is 6.42 Å². The maximum absolute atomic E-state index is 11.9. The standard InChI is InChI=1S/C14H22N4O2/c1-2-10-20-12-13-6-3-4-9-18(13)11-14(19)7-5-8-16-17-15/h1,13H,3-12H2. The zero-order valence-corrected chi connectivity index (χ0v) is 11.8. The van der Waals surface area contributed by atoms with Crippen LogP contribution in [0.25, 0.3) is 10.4 Å². The summed E-state index contributed by atoms with van der Waals surface area (Å²) < 4.78 is 5.40. The van der Waals surface area contributed by atoms with Gasteiger partial charge in [0, 0.05) is 23.9 Å². The van der Waals surface area contributed by atoms with Crippen LogP contribution in [-0.2, 0) is 9.53 Å². The lowest BCUT2D eigenvalue weighted by molar-refractivity contribution is -0.121. The number of carbonyl (C=O) groups is 1. The van der Waals surface area contributed by atoms with E-state index in [9.17, 15) is 4.79 Å². The Morgan fingerprint density at radius 1 is 1.55 bits per heavy atom. The number of ether oxygens (including phenoxy) is 1. The molecule has 20 heavy (non-hydrogen) atoms. The topological polar surface area (TPSA) is 78.3 Å². The second-order valence-electron chi connectivity index (χ2n) is 4.94. The quantitative estimate of drug-likeness (QED) is 0.213. The van der Waals surface area contributed by atoms with E-state index in [1.54, 1.807) is 0 Å². The summed E-state index contributed by atoms with van der Waals surface area (Å²) in [5.74, 6) is 2.65. The molecule has 0 spiro atoms. The summed E-state index contributed by atoms with van der Waals surface area (Å²) in [4.78, 5) is 16.8. The van der Waals surface area contributed by atoms with Crippen LogP contribution in [0, 0.1) is 12.3 Å². The van der Waals surface area contributed by atoms with Gasteiger partial charge in [0.05, 0.1) is 13.2 Å². The molecule has 1 rings (SSSR count). The van der Waals surface area contributed by atoms with Crippen molar-refractivity contribution in [3.8, 4) is 12.3 Å². The molecule has 1 atom stereocenters. The molecule has 0 aromatic carbocycles. The van der Waals surface area contributed by atoms with Crippen molar-refractivity contribution in [2.75, 3.05) is 32.8 Å². The van der Waals surface area contributed by atoms with E-state index >= 15 is 0 Å². The molecule has 110 valence electrons. The number of likely N-dealkylation sites (tertiary alicyclic amines) is 1. The van der Waals surface area contributed by atoms with E-state index < -0.39 is 0 Å². The van der Waals surface area contributed by atoms with Crippen LogP contribution >= 0.6 is 0 Å². The molecule has 1 aliphatic heterocycles. The summed E-state index contributed by atoms with van der Waals surface area (Å²) in [7, 11) is 0. The van der Waals surface area contributed by atoms with Gasteiger partial charge in [-0.05, 0) is 31.3 Å². The van der Waals surface area contributed by atoms with Gasteiger partial charge in [-0.1, -0.05) is 17.5 Å². The highest BCUT2D eigenvalue weighted by Gasteiger charge is 2.23. The fraction of sp³-hybridized carbons (Fsp3) is 0.786. The Hall–Kier alpha value is -1.54. The Morgan fingerprint density at radius 3 is 3.15 bits per heavy atom. The monoisotopic (exact) mass is 278 g/mol. The lowest BCUT2D eigenvalue weighted by Gasteiger charge is -2.34. The van der Waals surface area contributed by atoms with Gasteiger partial charge in [0.15, 0.2) is 0 Å².